The normalized spacial score (nSPS) is 19.2. The maximum Gasteiger partial charge on any atom is 0.255 e. The molecule has 1 saturated heterocycles. The summed E-state index contributed by atoms with van der Waals surface area (Å²) in [5, 5.41) is 3.07. The number of hydrogen-bond acceptors (Lipinski definition) is 7. The van der Waals surface area contributed by atoms with Gasteiger partial charge in [0.05, 0.1) is 37.5 Å². The largest absolute Gasteiger partial charge is 0.493 e. The van der Waals surface area contributed by atoms with Gasteiger partial charge in [-0.25, -0.2) is 4.98 Å². The number of piperidine rings is 1. The Kier molecular flexibility index (Phi) is 8.70. The minimum Gasteiger partial charge on any atom is -0.493 e. The first kappa shape index (κ1) is 30.1. The molecule has 0 spiro atoms. The number of benzene rings is 2. The lowest BCUT2D eigenvalue weighted by molar-refractivity contribution is -0.124. The third-order valence-electron chi connectivity index (χ3n) is 7.86. The average molecular weight is 612 g/mol. The summed E-state index contributed by atoms with van der Waals surface area (Å²) in [6.07, 6.45) is 5.27. The van der Waals surface area contributed by atoms with Crippen LogP contribution < -0.4 is 14.8 Å². The molecule has 4 bridgehead atoms. The van der Waals surface area contributed by atoms with E-state index in [-0.39, 0.29) is 36.9 Å². The van der Waals surface area contributed by atoms with Crippen LogP contribution in [-0.4, -0.2) is 82.3 Å². The van der Waals surface area contributed by atoms with E-state index in [1.54, 1.807) is 54.8 Å². The topological polar surface area (TPSA) is 115 Å². The van der Waals surface area contributed by atoms with Crippen LogP contribution in [0.1, 0.15) is 46.5 Å². The Hall–Kier alpha value is -4.90. The van der Waals surface area contributed by atoms with Crippen LogP contribution in [-0.2, 0) is 16.1 Å². The first-order valence-corrected chi connectivity index (χ1v) is 15.1. The van der Waals surface area contributed by atoms with Crippen molar-refractivity contribution in [2.45, 2.75) is 39.0 Å². The number of fused-ring (bicyclic) bond motifs is 6. The minimum absolute atomic E-state index is 0.121. The zero-order valence-corrected chi connectivity index (χ0v) is 25.6. The Morgan fingerprint density at radius 3 is 2.82 bits per heavy atom. The molecule has 6 rings (SSSR count). The second-order valence-corrected chi connectivity index (χ2v) is 12.0. The number of likely N-dealkylation sites (tertiary alicyclic amines) is 1. The maximum atomic E-state index is 13.5. The van der Waals surface area contributed by atoms with Crippen LogP contribution in [0.2, 0.25) is 0 Å². The van der Waals surface area contributed by atoms with E-state index in [0.29, 0.717) is 60.4 Å². The number of likely N-dealkylation sites (N-methyl/N-ethyl adjacent to an activating group) is 1. The van der Waals surface area contributed by atoms with Crippen LogP contribution in [0.5, 0.6) is 17.2 Å². The summed E-state index contributed by atoms with van der Waals surface area (Å²) in [6.45, 7) is 5.40. The van der Waals surface area contributed by atoms with Crippen molar-refractivity contribution >= 4 is 23.4 Å². The third kappa shape index (κ3) is 7.09. The second kappa shape index (κ2) is 13.0. The van der Waals surface area contributed by atoms with Gasteiger partial charge in [-0.05, 0) is 54.3 Å². The molecule has 4 aromatic rings. The number of carbonyl (C=O) groups is 3. The van der Waals surface area contributed by atoms with E-state index in [4.69, 9.17) is 14.2 Å². The van der Waals surface area contributed by atoms with Crippen LogP contribution in [0, 0.1) is 5.92 Å². The Morgan fingerprint density at radius 2 is 1.98 bits per heavy atom. The molecule has 0 radical (unpaired) electrons. The fourth-order valence-corrected chi connectivity index (χ4v) is 5.56. The summed E-state index contributed by atoms with van der Waals surface area (Å²) in [5.41, 5.74) is 2.52. The van der Waals surface area contributed by atoms with Crippen molar-refractivity contribution in [1.82, 2.24) is 24.5 Å². The van der Waals surface area contributed by atoms with Gasteiger partial charge < -0.3 is 33.7 Å². The number of nitrogens with zero attached hydrogens (tertiary/aromatic N) is 4. The zero-order valence-electron chi connectivity index (χ0n) is 25.6. The van der Waals surface area contributed by atoms with Gasteiger partial charge in [-0.3, -0.25) is 14.4 Å². The first-order valence-electron chi connectivity index (χ1n) is 15.1. The summed E-state index contributed by atoms with van der Waals surface area (Å²) in [5.74, 6) is 1.06. The monoisotopic (exact) mass is 611 g/mol. The molecular weight excluding hydrogens is 574 g/mol. The van der Waals surface area contributed by atoms with Gasteiger partial charge in [0.2, 0.25) is 5.91 Å². The number of nitrogens with one attached hydrogen (secondary N) is 1. The third-order valence-corrected chi connectivity index (χ3v) is 7.86. The number of rotatable bonds is 4. The van der Waals surface area contributed by atoms with Gasteiger partial charge in [-0.15, -0.1) is 0 Å². The molecule has 3 amide bonds. The van der Waals surface area contributed by atoms with Crippen molar-refractivity contribution in [3.8, 4) is 17.2 Å². The van der Waals surface area contributed by atoms with Crippen LogP contribution in [0.15, 0.2) is 73.2 Å². The van der Waals surface area contributed by atoms with E-state index in [1.807, 2.05) is 48.6 Å². The van der Waals surface area contributed by atoms with E-state index in [2.05, 4.69) is 10.3 Å². The molecule has 1 N–H and O–H groups in total. The average Bonchev–Trinajstić information content (AvgIpc) is 3.50. The number of amides is 3. The number of carbonyl (C=O) groups excluding carboxylic acids is 3. The molecule has 1 fully saturated rings. The van der Waals surface area contributed by atoms with Crippen molar-refractivity contribution in [1.29, 1.82) is 0 Å². The Labute approximate surface area is 261 Å². The molecule has 11 nitrogen and oxygen atoms in total. The predicted octanol–water partition coefficient (Wildman–Crippen LogP) is 4.16. The number of ether oxygens (including phenoxy) is 3. The molecule has 45 heavy (non-hydrogen) atoms. The molecule has 234 valence electrons. The van der Waals surface area contributed by atoms with Gasteiger partial charge in [0, 0.05) is 50.4 Å². The fourth-order valence-electron chi connectivity index (χ4n) is 5.56. The number of hydrogen-bond donors (Lipinski definition) is 1. The molecule has 2 aliphatic rings. The van der Waals surface area contributed by atoms with Crippen LogP contribution in [0.4, 0.5) is 0 Å². The van der Waals surface area contributed by atoms with Crippen molar-refractivity contribution < 1.29 is 28.6 Å². The van der Waals surface area contributed by atoms with Crippen LogP contribution in [0.3, 0.4) is 0 Å². The molecule has 2 aromatic carbocycles. The standard InChI is InChI=1S/C34H37N5O6/c1-22(2)20-43-27-14-25-15-28(16-27)45-26-6-4-5-23(13-26)21-44-30-18-39(11-9-29(30)36-32(40)19-37(3)33(25)41)34(42)24-7-8-31-35-10-12-38(31)17-24/h4-8,10,12-17,22,29-30H,9,11,18-21H2,1-3H3,(H,36,40)/t29-,30-/m0/s1. The SMILES string of the molecule is CC(C)COc1cc2cc(c1)C(=O)N(C)CC(=O)N[C@H]1CCN(C(=O)c3ccc4nccn4c3)C[C@@H]1OCc1cccc(c1)O2. The molecule has 0 unspecified atom stereocenters. The predicted molar refractivity (Wildman–Crippen MR) is 166 cm³/mol. The molecule has 11 heteroatoms. The summed E-state index contributed by atoms with van der Waals surface area (Å²) < 4.78 is 20.3. The lowest BCUT2D eigenvalue weighted by Gasteiger charge is -2.39. The van der Waals surface area contributed by atoms with Gasteiger partial charge in [0.1, 0.15) is 22.9 Å². The number of pyridine rings is 1. The molecule has 2 atom stereocenters. The summed E-state index contributed by atoms with van der Waals surface area (Å²) in [6, 6.07) is 15.8. The lowest BCUT2D eigenvalue weighted by Crippen LogP contribution is -2.57. The Balaban J connectivity index is 1.26. The molecule has 2 aliphatic heterocycles. The lowest BCUT2D eigenvalue weighted by atomic mass is 10.0. The Bertz CT molecular complexity index is 1720. The minimum atomic E-state index is -0.476. The van der Waals surface area contributed by atoms with E-state index >= 15 is 0 Å². The van der Waals surface area contributed by atoms with Crippen molar-refractivity contribution in [2.24, 2.45) is 5.92 Å². The quantitative estimate of drug-likeness (QED) is 0.369. The number of imidazole rings is 1. The highest BCUT2D eigenvalue weighted by Gasteiger charge is 2.34. The molecule has 0 aliphatic carbocycles. The number of aromatic nitrogens is 2. The zero-order chi connectivity index (χ0) is 31.5. The van der Waals surface area contributed by atoms with Gasteiger partial charge in [0.15, 0.2) is 0 Å². The molecular formula is C34H37N5O6. The highest BCUT2D eigenvalue weighted by molar-refractivity contribution is 5.97. The van der Waals surface area contributed by atoms with E-state index < -0.39 is 6.10 Å². The van der Waals surface area contributed by atoms with Crippen molar-refractivity contribution in [3.05, 3.63) is 89.9 Å². The van der Waals surface area contributed by atoms with Crippen LogP contribution in [0.25, 0.3) is 5.65 Å². The second-order valence-electron chi connectivity index (χ2n) is 12.0. The van der Waals surface area contributed by atoms with E-state index in [0.717, 1.165) is 11.2 Å². The fraction of sp³-hybridized carbons (Fsp3) is 0.353. The summed E-state index contributed by atoms with van der Waals surface area (Å²) in [7, 11) is 1.59. The van der Waals surface area contributed by atoms with Gasteiger partial charge in [0.25, 0.3) is 11.8 Å². The molecule has 0 saturated carbocycles. The smallest absolute Gasteiger partial charge is 0.255 e. The van der Waals surface area contributed by atoms with Gasteiger partial charge >= 0.3 is 0 Å². The van der Waals surface area contributed by atoms with Gasteiger partial charge in [-0.2, -0.15) is 0 Å². The van der Waals surface area contributed by atoms with Crippen molar-refractivity contribution in [3.63, 3.8) is 0 Å². The Morgan fingerprint density at radius 1 is 1.11 bits per heavy atom. The van der Waals surface area contributed by atoms with E-state index in [1.165, 1.54) is 4.90 Å². The highest BCUT2D eigenvalue weighted by atomic mass is 16.5. The van der Waals surface area contributed by atoms with Crippen molar-refractivity contribution in [2.75, 3.05) is 33.3 Å². The highest BCUT2D eigenvalue weighted by Crippen LogP contribution is 2.30. The van der Waals surface area contributed by atoms with Gasteiger partial charge in [-0.1, -0.05) is 26.0 Å². The van der Waals surface area contributed by atoms with Crippen LogP contribution >= 0.6 is 0 Å². The molecule has 4 heterocycles. The maximum absolute atomic E-state index is 13.5. The summed E-state index contributed by atoms with van der Waals surface area (Å²) in [4.78, 5) is 47.6. The summed E-state index contributed by atoms with van der Waals surface area (Å²) >= 11 is 0. The molecule has 2 aromatic heterocycles. The first-order chi connectivity index (χ1) is 21.7. The van der Waals surface area contributed by atoms with E-state index in [9.17, 15) is 14.4 Å².